The van der Waals surface area contributed by atoms with Crippen LogP contribution in [0.1, 0.15) is 21.5 Å². The number of ether oxygens (including phenoxy) is 1. The average molecular weight is 399 g/mol. The predicted molar refractivity (Wildman–Crippen MR) is 105 cm³/mol. The number of hydrogen-bond acceptors (Lipinski definition) is 4. The van der Waals surface area contributed by atoms with Crippen molar-refractivity contribution in [1.82, 2.24) is 0 Å². The largest absolute Gasteiger partial charge is 0.489 e. The van der Waals surface area contributed by atoms with E-state index in [1.807, 2.05) is 0 Å². The third-order valence-electron chi connectivity index (χ3n) is 3.76. The van der Waals surface area contributed by atoms with E-state index in [9.17, 15) is 9.18 Å². The second-order valence-corrected chi connectivity index (χ2v) is 6.24. The summed E-state index contributed by atoms with van der Waals surface area (Å²) in [5.74, 6) is -0.429. The van der Waals surface area contributed by atoms with Crippen molar-refractivity contribution in [3.63, 3.8) is 0 Å². The van der Waals surface area contributed by atoms with Crippen LogP contribution in [0.2, 0.25) is 5.02 Å². The summed E-state index contributed by atoms with van der Waals surface area (Å²) < 4.78 is 18.6. The molecule has 0 heterocycles. The minimum Gasteiger partial charge on any atom is -0.489 e. The maximum Gasteiger partial charge on any atom is 0.365 e. The van der Waals surface area contributed by atoms with Gasteiger partial charge >= 0.3 is 5.97 Å². The number of nitrogens with zero attached hydrogens (tertiary/aromatic N) is 1. The van der Waals surface area contributed by atoms with Gasteiger partial charge in [0.1, 0.15) is 18.2 Å². The molecule has 0 aliphatic rings. The molecule has 3 rings (SSSR count). The second-order valence-electron chi connectivity index (χ2n) is 5.81. The topological polar surface area (TPSA) is 73.9 Å². The van der Waals surface area contributed by atoms with E-state index in [1.54, 1.807) is 48.5 Å². The van der Waals surface area contributed by atoms with Gasteiger partial charge in [-0.25, -0.2) is 9.18 Å². The zero-order chi connectivity index (χ0) is 19.9. The van der Waals surface area contributed by atoms with Crippen molar-refractivity contribution in [2.45, 2.75) is 6.61 Å². The minimum atomic E-state index is -0.660. The number of oxime groups is 1. The summed E-state index contributed by atoms with van der Waals surface area (Å²) in [6.45, 7) is 0.325. The minimum absolute atomic E-state index is 0.0279. The Balaban J connectivity index is 1.57. The van der Waals surface area contributed by atoms with Gasteiger partial charge in [-0.2, -0.15) is 0 Å². The first-order valence-corrected chi connectivity index (χ1v) is 8.67. The molecule has 0 bridgehead atoms. The lowest BCUT2D eigenvalue weighted by Crippen LogP contribution is -2.15. The summed E-state index contributed by atoms with van der Waals surface area (Å²) in [7, 11) is 0. The maximum absolute atomic E-state index is 12.9. The van der Waals surface area contributed by atoms with Gasteiger partial charge in [-0.3, -0.25) is 0 Å². The standard InChI is InChI=1S/C21H16ClFN2O3/c22-17-2-1-3-19(12-17)27-13-14-4-6-16(7-5-14)21(26)28-25-20(24)15-8-10-18(23)11-9-15/h1-12H,13H2,(H2,24,25). The lowest BCUT2D eigenvalue weighted by molar-refractivity contribution is 0.0516. The van der Waals surface area contributed by atoms with Crippen molar-refractivity contribution in [2.75, 3.05) is 0 Å². The summed E-state index contributed by atoms with van der Waals surface area (Å²) in [6.07, 6.45) is 0. The van der Waals surface area contributed by atoms with Gasteiger partial charge in [0, 0.05) is 10.6 Å². The predicted octanol–water partition coefficient (Wildman–Crippen LogP) is 4.54. The summed E-state index contributed by atoms with van der Waals surface area (Å²) in [5.41, 5.74) is 7.35. The van der Waals surface area contributed by atoms with Gasteiger partial charge in [0.2, 0.25) is 0 Å². The Labute approximate surface area is 166 Å². The van der Waals surface area contributed by atoms with Gasteiger partial charge in [0.05, 0.1) is 5.56 Å². The summed E-state index contributed by atoms with van der Waals surface area (Å²) >= 11 is 5.91. The van der Waals surface area contributed by atoms with Crippen molar-refractivity contribution < 1.29 is 18.8 Å². The third kappa shape index (κ3) is 5.31. The monoisotopic (exact) mass is 398 g/mol. The van der Waals surface area contributed by atoms with E-state index < -0.39 is 11.8 Å². The van der Waals surface area contributed by atoms with Crippen LogP contribution in [-0.4, -0.2) is 11.8 Å². The molecular formula is C21H16ClFN2O3. The molecule has 7 heteroatoms. The Bertz CT molecular complexity index is 989. The van der Waals surface area contributed by atoms with E-state index in [0.717, 1.165) is 5.56 Å². The first-order chi connectivity index (χ1) is 13.5. The van der Waals surface area contributed by atoms with Crippen molar-refractivity contribution in [3.05, 3.63) is 100 Å². The fourth-order valence-electron chi connectivity index (χ4n) is 2.28. The van der Waals surface area contributed by atoms with Crippen molar-refractivity contribution in [2.24, 2.45) is 10.9 Å². The van der Waals surface area contributed by atoms with Crippen molar-refractivity contribution in [1.29, 1.82) is 0 Å². The smallest absolute Gasteiger partial charge is 0.365 e. The van der Waals surface area contributed by atoms with Gasteiger partial charge in [-0.1, -0.05) is 35.0 Å². The number of benzene rings is 3. The second kappa shape index (κ2) is 9.01. The molecule has 142 valence electrons. The molecule has 0 saturated carbocycles. The van der Waals surface area contributed by atoms with Crippen LogP contribution in [-0.2, 0) is 11.4 Å². The zero-order valence-corrected chi connectivity index (χ0v) is 15.4. The summed E-state index contributed by atoms with van der Waals surface area (Å²) in [6, 6.07) is 19.1. The van der Waals surface area contributed by atoms with Crippen LogP contribution in [0.5, 0.6) is 5.75 Å². The Morgan fingerprint density at radius 1 is 1.00 bits per heavy atom. The highest BCUT2D eigenvalue weighted by Crippen LogP contribution is 2.18. The molecule has 2 N–H and O–H groups in total. The van der Waals surface area contributed by atoms with E-state index in [4.69, 9.17) is 26.9 Å². The van der Waals surface area contributed by atoms with Gasteiger partial charge in [-0.05, 0) is 60.2 Å². The highest BCUT2D eigenvalue weighted by Gasteiger charge is 2.08. The van der Waals surface area contributed by atoms with Crippen LogP contribution >= 0.6 is 11.6 Å². The van der Waals surface area contributed by atoms with Crippen LogP contribution in [0.15, 0.2) is 78.0 Å². The Morgan fingerprint density at radius 2 is 1.68 bits per heavy atom. The van der Waals surface area contributed by atoms with Gasteiger partial charge in [0.25, 0.3) is 0 Å². The fourth-order valence-corrected chi connectivity index (χ4v) is 2.46. The molecule has 3 aromatic carbocycles. The van der Waals surface area contributed by atoms with Crippen molar-refractivity contribution >= 4 is 23.4 Å². The first-order valence-electron chi connectivity index (χ1n) is 8.29. The SMILES string of the molecule is N/C(=N\OC(=O)c1ccc(COc2cccc(Cl)c2)cc1)c1ccc(F)cc1. The molecule has 0 unspecified atom stereocenters. The highest BCUT2D eigenvalue weighted by molar-refractivity contribution is 6.30. The molecule has 0 aliphatic heterocycles. The number of carbonyl (C=O) groups is 1. The Kier molecular flexibility index (Phi) is 6.24. The normalized spacial score (nSPS) is 11.1. The average Bonchev–Trinajstić information content (AvgIpc) is 2.71. The van der Waals surface area contributed by atoms with Crippen LogP contribution in [0.25, 0.3) is 0 Å². The van der Waals surface area contributed by atoms with Crippen LogP contribution in [0.4, 0.5) is 4.39 Å². The molecule has 28 heavy (non-hydrogen) atoms. The molecule has 0 atom stereocenters. The zero-order valence-electron chi connectivity index (χ0n) is 14.6. The van der Waals surface area contributed by atoms with Crippen LogP contribution < -0.4 is 10.5 Å². The molecule has 0 fully saturated rings. The van der Waals surface area contributed by atoms with Gasteiger partial charge in [-0.15, -0.1) is 0 Å². The van der Waals surface area contributed by atoms with Crippen LogP contribution in [0.3, 0.4) is 0 Å². The van der Waals surface area contributed by atoms with Crippen molar-refractivity contribution in [3.8, 4) is 5.75 Å². The molecule has 0 radical (unpaired) electrons. The first kappa shape index (κ1) is 19.4. The molecule has 0 spiro atoms. The Hall–Kier alpha value is -3.38. The molecular weight excluding hydrogens is 383 g/mol. The molecule has 3 aromatic rings. The fraction of sp³-hybridized carbons (Fsp3) is 0.0476. The lowest BCUT2D eigenvalue weighted by Gasteiger charge is -2.07. The summed E-state index contributed by atoms with van der Waals surface area (Å²) in [4.78, 5) is 16.9. The van der Waals surface area contributed by atoms with E-state index in [0.29, 0.717) is 28.5 Å². The third-order valence-corrected chi connectivity index (χ3v) is 3.99. The molecule has 0 saturated heterocycles. The molecule has 0 aromatic heterocycles. The number of rotatable bonds is 6. The molecule has 0 amide bonds. The van der Waals surface area contributed by atoms with E-state index >= 15 is 0 Å². The highest BCUT2D eigenvalue weighted by atomic mass is 35.5. The maximum atomic E-state index is 12.9. The lowest BCUT2D eigenvalue weighted by atomic mass is 10.1. The number of hydrogen-bond donors (Lipinski definition) is 1. The molecule has 5 nitrogen and oxygen atoms in total. The van der Waals surface area contributed by atoms with E-state index in [1.165, 1.54) is 24.3 Å². The van der Waals surface area contributed by atoms with Gasteiger partial charge in [0.15, 0.2) is 5.84 Å². The Morgan fingerprint density at radius 3 is 2.36 bits per heavy atom. The quantitative estimate of drug-likeness (QED) is 0.286. The van der Waals surface area contributed by atoms with E-state index in [-0.39, 0.29) is 5.84 Å². The number of carbonyl (C=O) groups excluding carboxylic acids is 1. The number of nitrogens with two attached hydrogens (primary N) is 1. The number of amidine groups is 1. The number of halogens is 2. The molecule has 0 aliphatic carbocycles. The van der Waals surface area contributed by atoms with Gasteiger partial charge < -0.3 is 15.3 Å². The summed E-state index contributed by atoms with van der Waals surface area (Å²) in [5, 5.41) is 4.19. The van der Waals surface area contributed by atoms with Crippen LogP contribution in [0, 0.1) is 5.82 Å². The van der Waals surface area contributed by atoms with E-state index in [2.05, 4.69) is 5.16 Å².